The average molecular weight is 296 g/mol. The molecular formula is C18H24N4. The Labute approximate surface area is 132 Å². The van der Waals surface area contributed by atoms with Gasteiger partial charge in [-0.15, -0.1) is 6.58 Å². The van der Waals surface area contributed by atoms with E-state index in [-0.39, 0.29) is 0 Å². The van der Waals surface area contributed by atoms with E-state index in [0.717, 1.165) is 36.0 Å². The van der Waals surface area contributed by atoms with Crippen molar-refractivity contribution in [3.63, 3.8) is 0 Å². The van der Waals surface area contributed by atoms with Crippen LogP contribution >= 0.6 is 0 Å². The number of aromatic nitrogens is 2. The molecule has 1 aromatic heterocycles. The Morgan fingerprint density at radius 2 is 1.77 bits per heavy atom. The topological polar surface area (TPSA) is 49.8 Å². The lowest BCUT2D eigenvalue weighted by atomic mass is 10.1. The molecule has 4 heteroatoms. The number of nitrogens with one attached hydrogen (secondary N) is 2. The van der Waals surface area contributed by atoms with Crippen molar-refractivity contribution in [2.75, 3.05) is 23.7 Å². The Morgan fingerprint density at radius 3 is 2.41 bits per heavy atom. The first kappa shape index (κ1) is 16.0. The second kappa shape index (κ2) is 8.17. The van der Waals surface area contributed by atoms with Crippen LogP contribution in [0.2, 0.25) is 0 Å². The van der Waals surface area contributed by atoms with E-state index in [1.807, 2.05) is 42.5 Å². The van der Waals surface area contributed by atoms with Crippen LogP contribution in [0.1, 0.15) is 20.3 Å². The molecule has 0 radical (unpaired) electrons. The number of rotatable bonds is 8. The maximum absolute atomic E-state index is 4.62. The minimum Gasteiger partial charge on any atom is -0.370 e. The fraction of sp³-hybridized carbons (Fsp3) is 0.333. The van der Waals surface area contributed by atoms with Crippen LogP contribution in [0.3, 0.4) is 0 Å². The van der Waals surface area contributed by atoms with Crippen LogP contribution < -0.4 is 10.6 Å². The minimum absolute atomic E-state index is 0.668. The zero-order valence-electron chi connectivity index (χ0n) is 13.3. The summed E-state index contributed by atoms with van der Waals surface area (Å²) in [6, 6.07) is 12.0. The molecule has 22 heavy (non-hydrogen) atoms. The summed E-state index contributed by atoms with van der Waals surface area (Å²) in [6.07, 6.45) is 2.93. The third-order valence-electron chi connectivity index (χ3n) is 3.21. The van der Waals surface area contributed by atoms with Gasteiger partial charge in [0.1, 0.15) is 11.6 Å². The van der Waals surface area contributed by atoms with Crippen LogP contribution in [0.4, 0.5) is 11.6 Å². The van der Waals surface area contributed by atoms with Gasteiger partial charge in [0.15, 0.2) is 5.82 Å². The highest BCUT2D eigenvalue weighted by atomic mass is 15.1. The molecule has 2 aromatic rings. The third-order valence-corrected chi connectivity index (χ3v) is 3.21. The van der Waals surface area contributed by atoms with E-state index in [9.17, 15) is 0 Å². The molecular weight excluding hydrogens is 272 g/mol. The Morgan fingerprint density at radius 1 is 1.09 bits per heavy atom. The van der Waals surface area contributed by atoms with E-state index in [4.69, 9.17) is 0 Å². The van der Waals surface area contributed by atoms with Gasteiger partial charge in [-0.25, -0.2) is 9.97 Å². The van der Waals surface area contributed by atoms with Crippen molar-refractivity contribution in [1.29, 1.82) is 0 Å². The van der Waals surface area contributed by atoms with Crippen molar-refractivity contribution in [2.24, 2.45) is 5.92 Å². The molecule has 0 bridgehead atoms. The monoisotopic (exact) mass is 296 g/mol. The molecule has 0 fully saturated rings. The van der Waals surface area contributed by atoms with Gasteiger partial charge in [-0.3, -0.25) is 0 Å². The summed E-state index contributed by atoms with van der Waals surface area (Å²) in [4.78, 5) is 9.19. The predicted octanol–water partition coefficient (Wildman–Crippen LogP) is 4.20. The van der Waals surface area contributed by atoms with Crippen molar-refractivity contribution in [3.8, 4) is 11.4 Å². The van der Waals surface area contributed by atoms with Crippen molar-refractivity contribution in [1.82, 2.24) is 9.97 Å². The molecule has 0 aliphatic carbocycles. The van der Waals surface area contributed by atoms with Gasteiger partial charge in [0.2, 0.25) is 0 Å². The average Bonchev–Trinajstić information content (AvgIpc) is 2.53. The SMILES string of the molecule is C=CCNc1cc(NCCC(C)C)nc(-c2ccccc2)n1. The first-order valence-corrected chi connectivity index (χ1v) is 7.72. The molecule has 4 nitrogen and oxygen atoms in total. The van der Waals surface area contributed by atoms with E-state index in [2.05, 4.69) is 41.0 Å². The summed E-state index contributed by atoms with van der Waals surface area (Å²) in [7, 11) is 0. The van der Waals surface area contributed by atoms with Crippen LogP contribution in [-0.2, 0) is 0 Å². The molecule has 0 saturated carbocycles. The summed E-state index contributed by atoms with van der Waals surface area (Å²) in [5.74, 6) is 3.05. The van der Waals surface area contributed by atoms with Gasteiger partial charge in [0, 0.05) is 24.7 Å². The molecule has 1 aromatic carbocycles. The zero-order chi connectivity index (χ0) is 15.8. The highest BCUT2D eigenvalue weighted by Crippen LogP contribution is 2.20. The summed E-state index contributed by atoms with van der Waals surface area (Å²) >= 11 is 0. The van der Waals surface area contributed by atoms with E-state index in [1.54, 1.807) is 0 Å². The lowest BCUT2D eigenvalue weighted by Crippen LogP contribution is -2.09. The molecule has 0 atom stereocenters. The van der Waals surface area contributed by atoms with Gasteiger partial charge in [-0.1, -0.05) is 50.3 Å². The summed E-state index contributed by atoms with van der Waals surface area (Å²) in [5.41, 5.74) is 1.01. The van der Waals surface area contributed by atoms with Crippen molar-refractivity contribution in [3.05, 3.63) is 49.1 Å². The molecule has 0 aliphatic heterocycles. The molecule has 2 rings (SSSR count). The second-order valence-electron chi connectivity index (χ2n) is 5.61. The smallest absolute Gasteiger partial charge is 0.163 e. The first-order chi connectivity index (χ1) is 10.7. The van der Waals surface area contributed by atoms with E-state index in [0.29, 0.717) is 12.5 Å². The van der Waals surface area contributed by atoms with Gasteiger partial charge in [-0.2, -0.15) is 0 Å². The molecule has 116 valence electrons. The van der Waals surface area contributed by atoms with E-state index >= 15 is 0 Å². The lowest BCUT2D eigenvalue weighted by Gasteiger charge is -2.11. The largest absolute Gasteiger partial charge is 0.370 e. The van der Waals surface area contributed by atoms with Gasteiger partial charge in [0.05, 0.1) is 0 Å². The predicted molar refractivity (Wildman–Crippen MR) is 94.1 cm³/mol. The second-order valence-corrected chi connectivity index (χ2v) is 5.61. The van der Waals surface area contributed by atoms with Gasteiger partial charge in [0.25, 0.3) is 0 Å². The molecule has 0 aliphatic rings. The standard InChI is InChI=1S/C18H24N4/c1-4-11-19-16-13-17(20-12-10-14(2)3)22-18(21-16)15-8-6-5-7-9-15/h4-9,13-14H,1,10-12H2,2-3H3,(H2,19,20,21,22). The number of hydrogen-bond acceptors (Lipinski definition) is 4. The number of anilines is 2. The minimum atomic E-state index is 0.668. The van der Waals surface area contributed by atoms with Crippen LogP contribution in [0, 0.1) is 5.92 Å². The van der Waals surface area contributed by atoms with Gasteiger partial charge < -0.3 is 10.6 Å². The molecule has 2 N–H and O–H groups in total. The van der Waals surface area contributed by atoms with Crippen molar-refractivity contribution in [2.45, 2.75) is 20.3 Å². The number of nitrogens with zero attached hydrogens (tertiary/aromatic N) is 2. The molecule has 0 saturated heterocycles. The maximum atomic E-state index is 4.62. The van der Waals surface area contributed by atoms with Crippen molar-refractivity contribution < 1.29 is 0 Å². The lowest BCUT2D eigenvalue weighted by molar-refractivity contribution is 0.606. The maximum Gasteiger partial charge on any atom is 0.163 e. The molecule has 1 heterocycles. The van der Waals surface area contributed by atoms with E-state index < -0.39 is 0 Å². The highest BCUT2D eigenvalue weighted by molar-refractivity contribution is 5.61. The fourth-order valence-corrected chi connectivity index (χ4v) is 2.01. The number of benzene rings is 1. The Hall–Kier alpha value is -2.36. The Bertz CT molecular complexity index is 593. The van der Waals surface area contributed by atoms with Gasteiger partial charge >= 0.3 is 0 Å². The quantitative estimate of drug-likeness (QED) is 0.717. The van der Waals surface area contributed by atoms with Crippen molar-refractivity contribution >= 4 is 11.6 Å². The summed E-state index contributed by atoms with van der Waals surface area (Å²) in [5, 5.41) is 6.62. The van der Waals surface area contributed by atoms with Crippen LogP contribution in [0.25, 0.3) is 11.4 Å². The fourth-order valence-electron chi connectivity index (χ4n) is 2.01. The molecule has 0 amide bonds. The number of hydrogen-bond donors (Lipinski definition) is 2. The summed E-state index contributed by atoms with van der Waals surface area (Å²) < 4.78 is 0. The Balaban J connectivity index is 2.22. The molecule has 0 spiro atoms. The highest BCUT2D eigenvalue weighted by Gasteiger charge is 2.06. The van der Waals surface area contributed by atoms with Gasteiger partial charge in [-0.05, 0) is 12.3 Å². The normalized spacial score (nSPS) is 10.5. The van der Waals surface area contributed by atoms with Crippen LogP contribution in [-0.4, -0.2) is 23.1 Å². The first-order valence-electron chi connectivity index (χ1n) is 7.72. The molecule has 0 unspecified atom stereocenters. The Kier molecular flexibility index (Phi) is 5.95. The third kappa shape index (κ3) is 4.88. The van der Waals surface area contributed by atoms with Crippen LogP contribution in [0.15, 0.2) is 49.1 Å². The zero-order valence-corrected chi connectivity index (χ0v) is 13.3. The summed E-state index contributed by atoms with van der Waals surface area (Å²) in [6.45, 7) is 9.74. The van der Waals surface area contributed by atoms with E-state index in [1.165, 1.54) is 0 Å². The van der Waals surface area contributed by atoms with Crippen LogP contribution in [0.5, 0.6) is 0 Å².